The normalized spacial score (nSPS) is 11.4. The van der Waals surface area contributed by atoms with Gasteiger partial charge in [-0.1, -0.05) is 22.9 Å². The molecule has 0 N–H and O–H groups in total. The summed E-state index contributed by atoms with van der Waals surface area (Å²) < 4.78 is 70.0. The maximum Gasteiger partial charge on any atom is 0.305 e. The van der Waals surface area contributed by atoms with Crippen molar-refractivity contribution in [2.45, 2.75) is 19.8 Å². The number of esters is 1. The van der Waals surface area contributed by atoms with Gasteiger partial charge in [0.05, 0.1) is 159 Å². The predicted octanol–water partition coefficient (Wildman–Crippen LogP) is 1.92. The molecule has 270 valence electrons. The molecule has 0 radical (unpaired) electrons. The van der Waals surface area contributed by atoms with Gasteiger partial charge in [0.25, 0.3) is 0 Å². The number of alkyl halides is 1. The Morgan fingerprint density at radius 1 is 0.356 bits per heavy atom. The number of halogens is 1. The van der Waals surface area contributed by atoms with E-state index in [1.54, 1.807) is 0 Å². The summed E-state index contributed by atoms with van der Waals surface area (Å²) in [5.41, 5.74) is 0. The first-order chi connectivity index (χ1) is 22.3. The van der Waals surface area contributed by atoms with Crippen LogP contribution in [0.3, 0.4) is 0 Å². The van der Waals surface area contributed by atoms with Crippen LogP contribution in [0.4, 0.5) is 0 Å². The molecule has 0 aromatic carbocycles. The van der Waals surface area contributed by atoms with Crippen LogP contribution in [0.2, 0.25) is 0 Å². The summed E-state index contributed by atoms with van der Waals surface area (Å²) in [6.07, 6.45) is 1.23. The van der Waals surface area contributed by atoms with Gasteiger partial charge < -0.3 is 61.6 Å². The van der Waals surface area contributed by atoms with Gasteiger partial charge in [0.2, 0.25) is 0 Å². The van der Waals surface area contributed by atoms with Crippen LogP contribution in [0.5, 0.6) is 0 Å². The quantitative estimate of drug-likeness (QED) is 0.0517. The third kappa shape index (κ3) is 41.4. The topological polar surface area (TPSA) is 137 Å². The summed E-state index contributed by atoms with van der Waals surface area (Å²) >= 11 is 3.30. The molecule has 15 heteroatoms. The third-order valence-corrected chi connectivity index (χ3v) is 5.58. The molecule has 0 saturated carbocycles. The van der Waals surface area contributed by atoms with Crippen LogP contribution in [0.1, 0.15) is 19.8 Å². The highest BCUT2D eigenvalue weighted by Gasteiger charge is 2.00. The summed E-state index contributed by atoms with van der Waals surface area (Å²) in [6, 6.07) is 0. The highest BCUT2D eigenvalue weighted by atomic mass is 79.9. The van der Waals surface area contributed by atoms with Crippen molar-refractivity contribution < 1.29 is 66.4 Å². The molecule has 0 amide bonds. The van der Waals surface area contributed by atoms with Crippen molar-refractivity contribution in [1.29, 1.82) is 0 Å². The van der Waals surface area contributed by atoms with E-state index >= 15 is 0 Å². The largest absolute Gasteiger partial charge is 0.463 e. The average Bonchev–Trinajstić information content (AvgIpc) is 3.04. The van der Waals surface area contributed by atoms with Crippen molar-refractivity contribution in [2.75, 3.05) is 171 Å². The molecule has 0 aliphatic rings. The zero-order valence-corrected chi connectivity index (χ0v) is 29.0. The van der Waals surface area contributed by atoms with Gasteiger partial charge >= 0.3 is 5.97 Å². The fraction of sp³-hybridized carbons (Fsp3) is 0.967. The van der Waals surface area contributed by atoms with Gasteiger partial charge in [-0.3, -0.25) is 4.79 Å². The van der Waals surface area contributed by atoms with Crippen molar-refractivity contribution >= 4 is 21.9 Å². The summed E-state index contributed by atoms with van der Waals surface area (Å²) in [7, 11) is 0. The van der Waals surface area contributed by atoms with Crippen LogP contribution in [-0.4, -0.2) is 176 Å². The van der Waals surface area contributed by atoms with Gasteiger partial charge in [0.1, 0.15) is 6.61 Å². The van der Waals surface area contributed by atoms with E-state index in [2.05, 4.69) is 15.9 Å². The Morgan fingerprint density at radius 2 is 0.556 bits per heavy atom. The molecule has 0 saturated heterocycles. The average molecular weight is 724 g/mol. The summed E-state index contributed by atoms with van der Waals surface area (Å²) in [4.78, 5) is 11.2. The van der Waals surface area contributed by atoms with Gasteiger partial charge in [-0.2, -0.15) is 0 Å². The van der Waals surface area contributed by atoms with Gasteiger partial charge in [0.15, 0.2) is 0 Å². The van der Waals surface area contributed by atoms with Crippen molar-refractivity contribution in [2.24, 2.45) is 0 Å². The summed E-state index contributed by atoms with van der Waals surface area (Å²) in [5, 5.41) is 0.835. The van der Waals surface area contributed by atoms with E-state index in [1.807, 2.05) is 6.92 Å². The Hall–Kier alpha value is -0.530. The summed E-state index contributed by atoms with van der Waals surface area (Å²) in [6.45, 7) is 14.5. The van der Waals surface area contributed by atoms with Crippen LogP contribution in [0.15, 0.2) is 0 Å². The highest BCUT2D eigenvalue weighted by Crippen LogP contribution is 1.91. The summed E-state index contributed by atoms with van der Waals surface area (Å²) in [5.74, 6) is -0.189. The number of hydrogen-bond donors (Lipinski definition) is 0. The van der Waals surface area contributed by atoms with Crippen molar-refractivity contribution in [3.63, 3.8) is 0 Å². The second kappa shape index (κ2) is 41.5. The van der Waals surface area contributed by atoms with E-state index in [1.165, 1.54) is 0 Å². The Balaban J connectivity index is 3.05. The molecule has 0 aromatic heterocycles. The van der Waals surface area contributed by atoms with Crippen molar-refractivity contribution in [3.8, 4) is 0 Å². The second-order valence-electron chi connectivity index (χ2n) is 9.01. The van der Waals surface area contributed by atoms with Crippen LogP contribution in [0, 0.1) is 0 Å². The number of carbonyl (C=O) groups is 1. The Bertz CT molecular complexity index is 565. The molecule has 0 aliphatic heterocycles. The maximum atomic E-state index is 11.2. The zero-order valence-electron chi connectivity index (χ0n) is 27.4. The van der Waals surface area contributed by atoms with E-state index in [-0.39, 0.29) is 12.6 Å². The maximum absolute atomic E-state index is 11.2. The van der Waals surface area contributed by atoms with Gasteiger partial charge in [0, 0.05) is 11.8 Å². The monoisotopic (exact) mass is 722 g/mol. The Kier molecular flexibility index (Phi) is 41.0. The van der Waals surface area contributed by atoms with Crippen molar-refractivity contribution in [1.82, 2.24) is 0 Å². The van der Waals surface area contributed by atoms with Gasteiger partial charge in [-0.15, -0.1) is 0 Å². The number of ether oxygens (including phenoxy) is 13. The van der Waals surface area contributed by atoms with Crippen LogP contribution >= 0.6 is 15.9 Å². The smallest absolute Gasteiger partial charge is 0.305 e. The predicted molar refractivity (Wildman–Crippen MR) is 169 cm³/mol. The number of rotatable bonds is 40. The lowest BCUT2D eigenvalue weighted by Crippen LogP contribution is -2.15. The van der Waals surface area contributed by atoms with Crippen molar-refractivity contribution in [3.05, 3.63) is 0 Å². The highest BCUT2D eigenvalue weighted by molar-refractivity contribution is 9.09. The van der Waals surface area contributed by atoms with Gasteiger partial charge in [-0.05, 0) is 6.42 Å². The molecule has 0 rings (SSSR count). The minimum absolute atomic E-state index is 0.189. The first-order valence-electron chi connectivity index (χ1n) is 16.0. The molecule has 0 fully saturated rings. The molecule has 0 aliphatic carbocycles. The molecule has 0 spiro atoms. The molecular weight excluding hydrogens is 664 g/mol. The van der Waals surface area contributed by atoms with E-state index in [0.717, 1.165) is 11.8 Å². The third-order valence-electron chi connectivity index (χ3n) is 5.26. The minimum Gasteiger partial charge on any atom is -0.463 e. The van der Waals surface area contributed by atoms with E-state index in [0.29, 0.717) is 165 Å². The molecule has 0 aromatic rings. The van der Waals surface area contributed by atoms with E-state index in [9.17, 15) is 4.79 Å². The van der Waals surface area contributed by atoms with Crippen LogP contribution in [0.25, 0.3) is 0 Å². The van der Waals surface area contributed by atoms with Crippen LogP contribution in [-0.2, 0) is 66.4 Å². The Labute approximate surface area is 278 Å². The lowest BCUT2D eigenvalue weighted by Gasteiger charge is -2.09. The molecule has 0 unspecified atom stereocenters. The second-order valence-corrected chi connectivity index (χ2v) is 9.80. The minimum atomic E-state index is -0.189. The van der Waals surface area contributed by atoms with E-state index < -0.39 is 0 Å². The molecule has 0 heterocycles. The molecule has 0 bridgehead atoms. The SMILES string of the molecule is CCCC(=O)OCCOCCOCCOCCOCCOCCOCCOCCOCCOCCOCCOCCOCCBr. The zero-order chi connectivity index (χ0) is 32.6. The Morgan fingerprint density at radius 3 is 0.756 bits per heavy atom. The first kappa shape index (κ1) is 44.5. The fourth-order valence-electron chi connectivity index (χ4n) is 3.07. The molecule has 45 heavy (non-hydrogen) atoms. The number of carbonyl (C=O) groups excluding carboxylic acids is 1. The standard InChI is InChI=1S/C30H59BrO14/c1-2-3-30(32)45-29-28-44-27-26-43-25-24-42-23-22-41-21-20-40-19-18-39-17-16-38-15-14-37-13-12-36-11-10-35-9-8-34-7-6-33-5-4-31/h2-29H2,1H3. The van der Waals surface area contributed by atoms with Gasteiger partial charge in [-0.25, -0.2) is 0 Å². The molecule has 14 nitrogen and oxygen atoms in total. The van der Waals surface area contributed by atoms with Crippen LogP contribution < -0.4 is 0 Å². The molecule has 0 atom stereocenters. The fourth-order valence-corrected chi connectivity index (χ4v) is 3.30. The lowest BCUT2D eigenvalue weighted by molar-refractivity contribution is -0.145. The first-order valence-corrected chi connectivity index (χ1v) is 17.1. The van der Waals surface area contributed by atoms with E-state index in [4.69, 9.17) is 61.6 Å². The lowest BCUT2D eigenvalue weighted by atomic mass is 10.3. The number of hydrogen-bond acceptors (Lipinski definition) is 14. The molecular formula is C30H59BrO14.